The predicted molar refractivity (Wildman–Crippen MR) is 73.7 cm³/mol. The van der Waals surface area contributed by atoms with E-state index < -0.39 is 46.3 Å². The Balaban J connectivity index is 1.87. The van der Waals surface area contributed by atoms with Gasteiger partial charge in [-0.15, -0.1) is 11.6 Å². The second kappa shape index (κ2) is 3.65. The average Bonchev–Trinajstić information content (AvgIpc) is 3.03. The number of fused-ring (bicyclic) bond motifs is 2. The molecular formula is C15H19ClO5. The van der Waals surface area contributed by atoms with Crippen molar-refractivity contribution < 1.29 is 24.5 Å². The van der Waals surface area contributed by atoms with Gasteiger partial charge in [-0.1, -0.05) is 6.58 Å². The molecule has 2 aliphatic heterocycles. The predicted octanol–water partition coefficient (Wildman–Crippen LogP) is 0.755. The van der Waals surface area contributed by atoms with Crippen molar-refractivity contribution in [3.8, 4) is 0 Å². The van der Waals surface area contributed by atoms with Crippen LogP contribution in [-0.2, 0) is 14.3 Å². The molecule has 0 radical (unpaired) electrons. The van der Waals surface area contributed by atoms with Crippen LogP contribution < -0.4 is 0 Å². The molecule has 2 saturated heterocycles. The third-order valence-electron chi connectivity index (χ3n) is 6.08. The number of halogens is 1. The number of carbonyl (C=O) groups excluding carboxylic acids is 1. The monoisotopic (exact) mass is 314 g/mol. The van der Waals surface area contributed by atoms with Gasteiger partial charge < -0.3 is 19.7 Å². The molecule has 116 valence electrons. The lowest BCUT2D eigenvalue weighted by Gasteiger charge is -2.40. The summed E-state index contributed by atoms with van der Waals surface area (Å²) in [7, 11) is 0. The van der Waals surface area contributed by atoms with E-state index >= 15 is 0 Å². The summed E-state index contributed by atoms with van der Waals surface area (Å²) in [5.41, 5.74) is -1.63. The van der Waals surface area contributed by atoms with Crippen LogP contribution in [-0.4, -0.2) is 50.6 Å². The Bertz CT molecular complexity index is 556. The number of aliphatic hydroxyl groups excluding tert-OH is 1. The van der Waals surface area contributed by atoms with Crippen LogP contribution in [0.15, 0.2) is 12.2 Å². The van der Waals surface area contributed by atoms with Crippen molar-refractivity contribution in [3.63, 3.8) is 0 Å². The van der Waals surface area contributed by atoms with E-state index in [-0.39, 0.29) is 5.92 Å². The summed E-state index contributed by atoms with van der Waals surface area (Å²) >= 11 is 6.61. The van der Waals surface area contributed by atoms with Crippen molar-refractivity contribution >= 4 is 17.6 Å². The van der Waals surface area contributed by atoms with Gasteiger partial charge in [-0.25, -0.2) is 4.79 Å². The number of epoxide rings is 1. The molecule has 0 aromatic heterocycles. The van der Waals surface area contributed by atoms with Crippen LogP contribution in [0, 0.1) is 11.8 Å². The summed E-state index contributed by atoms with van der Waals surface area (Å²) in [6.45, 7) is 7.27. The zero-order valence-corrected chi connectivity index (χ0v) is 12.8. The average molecular weight is 315 g/mol. The van der Waals surface area contributed by atoms with Crippen LogP contribution in [0.5, 0.6) is 0 Å². The van der Waals surface area contributed by atoms with Gasteiger partial charge in [-0.2, -0.15) is 0 Å². The zero-order chi connectivity index (χ0) is 15.4. The molecule has 1 spiro atoms. The molecular weight excluding hydrogens is 296 g/mol. The highest BCUT2D eigenvalue weighted by Gasteiger charge is 2.85. The first-order valence-electron chi connectivity index (χ1n) is 7.31. The summed E-state index contributed by atoms with van der Waals surface area (Å²) in [4.78, 5) is 10.9. The standard InChI is InChI=1S/C15H19ClO5/c1-6-7-4-5-13(2,19)15-9(8(7)20-12(6)18)14(3,16)10(17)11(15)21-15/h7-11,17,19H,1,4-5H2,2-3H3/t7-,8-,9-,10+,11-,13+,14+,15+/m0/s1. The maximum Gasteiger partial charge on any atom is 0.334 e. The SMILES string of the molecule is C=C1C(=O)O[C@H]2[C@H]1CC[C@@](C)(O)[C@]13O[C@H]1[C@@H](O)[C@](C)(Cl)[C@H]23. The second-order valence-corrected chi connectivity index (χ2v) is 8.03. The zero-order valence-electron chi connectivity index (χ0n) is 12.0. The highest BCUT2D eigenvalue weighted by molar-refractivity contribution is 6.25. The van der Waals surface area contributed by atoms with E-state index in [1.807, 2.05) is 0 Å². The molecule has 0 bridgehead atoms. The third-order valence-corrected chi connectivity index (χ3v) is 6.54. The summed E-state index contributed by atoms with van der Waals surface area (Å²) in [5.74, 6) is -1.05. The molecule has 4 fully saturated rings. The summed E-state index contributed by atoms with van der Waals surface area (Å²) in [6.07, 6.45) is -0.854. The maximum absolute atomic E-state index is 11.9. The van der Waals surface area contributed by atoms with E-state index in [0.717, 1.165) is 0 Å². The Labute approximate surface area is 127 Å². The summed E-state index contributed by atoms with van der Waals surface area (Å²) in [6, 6.07) is 0. The lowest BCUT2D eigenvalue weighted by molar-refractivity contribution is -0.147. The first-order chi connectivity index (χ1) is 9.64. The molecule has 2 heterocycles. The van der Waals surface area contributed by atoms with E-state index in [1.165, 1.54) is 0 Å². The first kappa shape index (κ1) is 14.0. The van der Waals surface area contributed by atoms with Gasteiger partial charge >= 0.3 is 5.97 Å². The maximum atomic E-state index is 11.9. The van der Waals surface area contributed by atoms with E-state index in [4.69, 9.17) is 21.1 Å². The molecule has 8 atom stereocenters. The van der Waals surface area contributed by atoms with Crippen molar-refractivity contribution in [2.24, 2.45) is 11.8 Å². The molecule has 2 aliphatic carbocycles. The van der Waals surface area contributed by atoms with Crippen molar-refractivity contribution in [2.75, 3.05) is 0 Å². The second-order valence-electron chi connectivity index (χ2n) is 7.22. The van der Waals surface area contributed by atoms with Crippen molar-refractivity contribution in [1.82, 2.24) is 0 Å². The van der Waals surface area contributed by atoms with E-state index in [2.05, 4.69) is 6.58 Å². The minimum absolute atomic E-state index is 0.179. The van der Waals surface area contributed by atoms with Crippen LogP contribution in [0.4, 0.5) is 0 Å². The number of esters is 1. The molecule has 0 aromatic carbocycles. The van der Waals surface area contributed by atoms with Gasteiger partial charge in [0.1, 0.15) is 23.9 Å². The van der Waals surface area contributed by atoms with Gasteiger partial charge in [0.25, 0.3) is 0 Å². The van der Waals surface area contributed by atoms with Crippen LogP contribution in [0.2, 0.25) is 0 Å². The number of hydrogen-bond donors (Lipinski definition) is 2. The Morgan fingerprint density at radius 1 is 1.43 bits per heavy atom. The number of rotatable bonds is 0. The van der Waals surface area contributed by atoms with Gasteiger partial charge in [0.2, 0.25) is 0 Å². The van der Waals surface area contributed by atoms with Crippen LogP contribution in [0.25, 0.3) is 0 Å². The van der Waals surface area contributed by atoms with Gasteiger partial charge in [0.05, 0.1) is 16.4 Å². The fourth-order valence-corrected chi connectivity index (χ4v) is 5.26. The number of alkyl halides is 1. The molecule has 4 aliphatic rings. The Kier molecular flexibility index (Phi) is 2.43. The molecule has 0 aromatic rings. The lowest BCUT2D eigenvalue weighted by Crippen LogP contribution is -2.54. The van der Waals surface area contributed by atoms with E-state index in [1.54, 1.807) is 13.8 Å². The quantitative estimate of drug-likeness (QED) is 0.299. The highest BCUT2D eigenvalue weighted by Crippen LogP contribution is 2.69. The Morgan fingerprint density at radius 3 is 2.76 bits per heavy atom. The fraction of sp³-hybridized carbons (Fsp3) is 0.800. The van der Waals surface area contributed by atoms with E-state index in [9.17, 15) is 15.0 Å². The molecule has 2 N–H and O–H groups in total. The third kappa shape index (κ3) is 1.37. The van der Waals surface area contributed by atoms with Crippen molar-refractivity contribution in [3.05, 3.63) is 12.2 Å². The molecule has 0 unspecified atom stereocenters. The fourth-order valence-electron chi connectivity index (χ4n) is 4.86. The van der Waals surface area contributed by atoms with Gasteiger partial charge in [-0.3, -0.25) is 0 Å². The Morgan fingerprint density at radius 2 is 2.10 bits per heavy atom. The van der Waals surface area contributed by atoms with E-state index in [0.29, 0.717) is 18.4 Å². The number of aliphatic hydroxyl groups is 2. The molecule has 5 nitrogen and oxygen atoms in total. The largest absolute Gasteiger partial charge is 0.458 e. The number of carbonyl (C=O) groups is 1. The normalized spacial score (nSPS) is 61.7. The first-order valence-corrected chi connectivity index (χ1v) is 7.69. The number of hydrogen-bond acceptors (Lipinski definition) is 5. The van der Waals surface area contributed by atoms with Gasteiger partial charge in [0, 0.05) is 11.5 Å². The minimum Gasteiger partial charge on any atom is -0.458 e. The van der Waals surface area contributed by atoms with Gasteiger partial charge in [-0.05, 0) is 26.7 Å². The molecule has 4 rings (SSSR count). The molecule has 6 heteroatoms. The van der Waals surface area contributed by atoms with Crippen LogP contribution in [0.1, 0.15) is 26.7 Å². The molecule has 21 heavy (non-hydrogen) atoms. The number of ether oxygens (including phenoxy) is 2. The van der Waals surface area contributed by atoms with Crippen LogP contribution in [0.3, 0.4) is 0 Å². The smallest absolute Gasteiger partial charge is 0.334 e. The summed E-state index contributed by atoms with van der Waals surface area (Å²) < 4.78 is 11.3. The lowest BCUT2D eigenvalue weighted by atomic mass is 9.74. The Hall–Kier alpha value is -0.620. The molecule has 2 saturated carbocycles. The van der Waals surface area contributed by atoms with Crippen LogP contribution >= 0.6 is 11.6 Å². The van der Waals surface area contributed by atoms with Crippen molar-refractivity contribution in [1.29, 1.82) is 0 Å². The molecule has 0 amide bonds. The summed E-state index contributed by atoms with van der Waals surface area (Å²) in [5, 5.41) is 21.4. The highest BCUT2D eigenvalue weighted by atomic mass is 35.5. The topological polar surface area (TPSA) is 79.3 Å². The van der Waals surface area contributed by atoms with Crippen molar-refractivity contribution in [2.45, 2.75) is 61.1 Å². The van der Waals surface area contributed by atoms with Gasteiger partial charge in [0.15, 0.2) is 0 Å². The minimum atomic E-state index is -1.12.